The maximum atomic E-state index is 11.0. The van der Waals surface area contributed by atoms with Crippen LogP contribution in [0.25, 0.3) is 0 Å². The molecule has 20 heavy (non-hydrogen) atoms. The molecule has 4 nitrogen and oxygen atoms in total. The van der Waals surface area contributed by atoms with E-state index in [0.29, 0.717) is 11.5 Å². The highest BCUT2D eigenvalue weighted by atomic mass is 32.2. The summed E-state index contributed by atoms with van der Waals surface area (Å²) < 4.78 is 22.1. The average Bonchev–Trinajstić information content (AvgIpc) is 2.32. The van der Waals surface area contributed by atoms with E-state index >= 15 is 0 Å². The van der Waals surface area contributed by atoms with Gasteiger partial charge in [-0.15, -0.1) is 0 Å². The molecule has 1 unspecified atom stereocenters. The van der Waals surface area contributed by atoms with Crippen molar-refractivity contribution in [3.63, 3.8) is 0 Å². The van der Waals surface area contributed by atoms with Gasteiger partial charge in [0.25, 0.3) is 0 Å². The van der Waals surface area contributed by atoms with E-state index in [0.717, 1.165) is 11.3 Å². The summed E-state index contributed by atoms with van der Waals surface area (Å²) in [6.45, 7) is 4.61. The molecule has 1 aromatic carbocycles. The number of nitrogens with two attached hydrogens (primary N) is 1. The maximum Gasteiger partial charge on any atom is 0.213 e. The fourth-order valence-corrected chi connectivity index (χ4v) is 3.55. The lowest BCUT2D eigenvalue weighted by atomic mass is 9.73. The largest absolute Gasteiger partial charge is 0.382 e. The number of sulfonamides is 1. The highest BCUT2D eigenvalue weighted by Crippen LogP contribution is 2.37. The molecule has 0 bridgehead atoms. The monoisotopic (exact) mass is 296 g/mol. The van der Waals surface area contributed by atoms with Crippen LogP contribution in [-0.4, -0.2) is 14.5 Å². The SMILES string of the molecule is CC1(C)CCCCC1Nc1ccc(CS(N)(=O)=O)cc1. The van der Waals surface area contributed by atoms with Crippen molar-refractivity contribution < 1.29 is 8.42 Å². The zero-order chi connectivity index (χ0) is 14.8. The zero-order valence-corrected chi connectivity index (χ0v) is 13.0. The Bertz CT molecular complexity index is 550. The van der Waals surface area contributed by atoms with E-state index in [1.807, 2.05) is 24.3 Å². The van der Waals surface area contributed by atoms with Crippen LogP contribution in [0.1, 0.15) is 45.1 Å². The highest BCUT2D eigenvalue weighted by Gasteiger charge is 2.31. The van der Waals surface area contributed by atoms with Crippen molar-refractivity contribution in [1.82, 2.24) is 0 Å². The van der Waals surface area contributed by atoms with Gasteiger partial charge in [0.05, 0.1) is 5.75 Å². The third kappa shape index (κ3) is 4.21. The predicted octanol–water partition coefficient (Wildman–Crippen LogP) is 2.86. The van der Waals surface area contributed by atoms with Gasteiger partial charge in [-0.05, 0) is 36.0 Å². The quantitative estimate of drug-likeness (QED) is 0.897. The van der Waals surface area contributed by atoms with Gasteiger partial charge >= 0.3 is 0 Å². The molecule has 1 atom stereocenters. The van der Waals surface area contributed by atoms with Crippen LogP contribution in [0.2, 0.25) is 0 Å². The molecule has 0 heterocycles. The van der Waals surface area contributed by atoms with E-state index < -0.39 is 10.0 Å². The van der Waals surface area contributed by atoms with Crippen molar-refractivity contribution in [3.8, 4) is 0 Å². The minimum atomic E-state index is -3.46. The third-order valence-corrected chi connectivity index (χ3v) is 4.91. The van der Waals surface area contributed by atoms with Gasteiger partial charge in [-0.25, -0.2) is 13.6 Å². The van der Waals surface area contributed by atoms with Crippen LogP contribution < -0.4 is 10.5 Å². The van der Waals surface area contributed by atoms with Crippen LogP contribution in [0.15, 0.2) is 24.3 Å². The Morgan fingerprint density at radius 3 is 2.45 bits per heavy atom. The lowest BCUT2D eigenvalue weighted by Gasteiger charge is -2.39. The van der Waals surface area contributed by atoms with E-state index in [1.54, 1.807) is 0 Å². The summed E-state index contributed by atoms with van der Waals surface area (Å²) >= 11 is 0. The highest BCUT2D eigenvalue weighted by molar-refractivity contribution is 7.88. The van der Waals surface area contributed by atoms with Crippen LogP contribution in [0, 0.1) is 5.41 Å². The van der Waals surface area contributed by atoms with Gasteiger partial charge in [-0.2, -0.15) is 0 Å². The molecule has 3 N–H and O–H groups in total. The van der Waals surface area contributed by atoms with Crippen LogP contribution in [0.4, 0.5) is 5.69 Å². The number of anilines is 1. The summed E-state index contributed by atoms with van der Waals surface area (Å²) in [5.41, 5.74) is 2.07. The number of nitrogens with one attached hydrogen (secondary N) is 1. The van der Waals surface area contributed by atoms with Crippen LogP contribution >= 0.6 is 0 Å². The van der Waals surface area contributed by atoms with E-state index in [1.165, 1.54) is 25.7 Å². The Morgan fingerprint density at radius 2 is 1.90 bits per heavy atom. The molecule has 1 aromatic rings. The molecule has 0 spiro atoms. The fourth-order valence-electron chi connectivity index (χ4n) is 2.89. The number of primary sulfonamides is 1. The molecule has 112 valence electrons. The Balaban J connectivity index is 2.03. The molecule has 0 amide bonds. The summed E-state index contributed by atoms with van der Waals surface area (Å²) in [6, 6.07) is 7.99. The van der Waals surface area contributed by atoms with Gasteiger partial charge in [0, 0.05) is 11.7 Å². The smallest absolute Gasteiger partial charge is 0.213 e. The molecule has 5 heteroatoms. The van der Waals surface area contributed by atoms with Gasteiger partial charge in [0.1, 0.15) is 0 Å². The van der Waals surface area contributed by atoms with Crippen molar-refractivity contribution in [1.29, 1.82) is 0 Å². The molecule has 1 aliphatic rings. The van der Waals surface area contributed by atoms with Crippen LogP contribution in [0.5, 0.6) is 0 Å². The summed E-state index contributed by atoms with van der Waals surface area (Å²) in [4.78, 5) is 0. The van der Waals surface area contributed by atoms with Gasteiger partial charge in [-0.3, -0.25) is 0 Å². The molecule has 0 aromatic heterocycles. The third-order valence-electron chi connectivity index (χ3n) is 4.17. The second-order valence-electron chi connectivity index (χ2n) is 6.44. The number of rotatable bonds is 4. The van der Waals surface area contributed by atoms with Gasteiger partial charge < -0.3 is 5.32 Å². The zero-order valence-electron chi connectivity index (χ0n) is 12.2. The number of hydrogen-bond donors (Lipinski definition) is 2. The standard InChI is InChI=1S/C15H24N2O2S/c1-15(2)10-4-3-5-14(15)17-13-8-6-12(7-9-13)11-20(16,18)19/h6-9,14,17H,3-5,10-11H2,1-2H3,(H2,16,18,19). The van der Waals surface area contributed by atoms with E-state index in [-0.39, 0.29) is 5.75 Å². The summed E-state index contributed by atoms with van der Waals surface area (Å²) in [5, 5.41) is 8.63. The first kappa shape index (κ1) is 15.3. The van der Waals surface area contributed by atoms with Crippen molar-refractivity contribution in [2.45, 2.75) is 51.3 Å². The minimum Gasteiger partial charge on any atom is -0.382 e. The first-order chi connectivity index (χ1) is 9.26. The lowest BCUT2D eigenvalue weighted by Crippen LogP contribution is -2.38. The molecule has 1 saturated carbocycles. The topological polar surface area (TPSA) is 72.2 Å². The Hall–Kier alpha value is -1.07. The summed E-state index contributed by atoms with van der Waals surface area (Å²) in [5.74, 6) is -0.109. The minimum absolute atomic E-state index is 0.109. The number of benzene rings is 1. The molecular formula is C15H24N2O2S. The second-order valence-corrected chi connectivity index (χ2v) is 8.05. The first-order valence-electron chi connectivity index (χ1n) is 7.12. The first-order valence-corrected chi connectivity index (χ1v) is 8.84. The van der Waals surface area contributed by atoms with E-state index in [4.69, 9.17) is 5.14 Å². The Morgan fingerprint density at radius 1 is 1.25 bits per heavy atom. The van der Waals surface area contributed by atoms with Crippen molar-refractivity contribution in [2.24, 2.45) is 10.6 Å². The molecule has 0 aliphatic heterocycles. The summed E-state index contributed by atoms with van der Waals surface area (Å²) in [6.07, 6.45) is 5.00. The molecule has 1 aliphatic carbocycles. The van der Waals surface area contributed by atoms with Crippen LogP contribution in [-0.2, 0) is 15.8 Å². The average molecular weight is 296 g/mol. The maximum absolute atomic E-state index is 11.0. The summed E-state index contributed by atoms with van der Waals surface area (Å²) in [7, 11) is -3.46. The van der Waals surface area contributed by atoms with Crippen molar-refractivity contribution in [3.05, 3.63) is 29.8 Å². The lowest BCUT2D eigenvalue weighted by molar-refractivity contribution is 0.217. The van der Waals surface area contributed by atoms with Crippen molar-refractivity contribution in [2.75, 3.05) is 5.32 Å². The van der Waals surface area contributed by atoms with E-state index in [2.05, 4.69) is 19.2 Å². The molecular weight excluding hydrogens is 272 g/mol. The van der Waals surface area contributed by atoms with Crippen LogP contribution in [0.3, 0.4) is 0 Å². The van der Waals surface area contributed by atoms with Gasteiger partial charge in [-0.1, -0.05) is 38.8 Å². The Labute approximate surface area is 121 Å². The van der Waals surface area contributed by atoms with Gasteiger partial charge in [0.15, 0.2) is 0 Å². The molecule has 2 rings (SSSR count). The molecule has 0 saturated heterocycles. The predicted molar refractivity (Wildman–Crippen MR) is 82.9 cm³/mol. The molecule has 1 fully saturated rings. The molecule has 0 radical (unpaired) electrons. The Kier molecular flexibility index (Phi) is 4.39. The van der Waals surface area contributed by atoms with Gasteiger partial charge in [0.2, 0.25) is 10.0 Å². The second kappa shape index (κ2) is 5.74. The fraction of sp³-hybridized carbons (Fsp3) is 0.600. The van der Waals surface area contributed by atoms with Crippen molar-refractivity contribution >= 4 is 15.7 Å². The normalized spacial score (nSPS) is 22.4. The number of hydrogen-bond acceptors (Lipinski definition) is 3. The van der Waals surface area contributed by atoms with E-state index in [9.17, 15) is 8.42 Å².